The van der Waals surface area contributed by atoms with Crippen molar-refractivity contribution < 1.29 is 18.1 Å². The Morgan fingerprint density at radius 2 is 2.19 bits per heavy atom. The number of hydrogen-bond acceptors (Lipinski definition) is 8. The van der Waals surface area contributed by atoms with Crippen molar-refractivity contribution in [1.29, 1.82) is 0 Å². The van der Waals surface area contributed by atoms with E-state index in [1.54, 1.807) is 0 Å². The SMILES string of the molecule is CCCOCCCNS(=O)(=O)c1cc([N+](=O)[O-])c(NN)s1. The lowest BCUT2D eigenvalue weighted by molar-refractivity contribution is -0.383. The van der Waals surface area contributed by atoms with Gasteiger partial charge in [-0.3, -0.25) is 10.1 Å². The average Bonchev–Trinajstić information content (AvgIpc) is 2.88. The lowest BCUT2D eigenvalue weighted by atomic mass is 10.4. The molecule has 0 fully saturated rings. The molecule has 0 aliphatic heterocycles. The molecule has 1 aromatic heterocycles. The molecule has 0 saturated carbocycles. The van der Waals surface area contributed by atoms with Gasteiger partial charge in [0.25, 0.3) is 0 Å². The van der Waals surface area contributed by atoms with Crippen LogP contribution in [0.15, 0.2) is 10.3 Å². The standard InChI is InChI=1S/C10H18N4O5S2/c1-2-5-19-6-3-4-12-21(17,18)9-7-8(14(15)16)10(13-11)20-9/h7,12-13H,2-6,11H2,1H3. The van der Waals surface area contributed by atoms with Crippen LogP contribution < -0.4 is 16.0 Å². The summed E-state index contributed by atoms with van der Waals surface area (Å²) >= 11 is 0.707. The Labute approximate surface area is 126 Å². The quantitative estimate of drug-likeness (QED) is 0.251. The van der Waals surface area contributed by atoms with Gasteiger partial charge in [-0.05, 0) is 12.8 Å². The largest absolute Gasteiger partial charge is 0.381 e. The van der Waals surface area contributed by atoms with Crippen LogP contribution in [0.4, 0.5) is 10.7 Å². The van der Waals surface area contributed by atoms with Gasteiger partial charge in [0.2, 0.25) is 10.0 Å². The third kappa shape index (κ3) is 5.21. The van der Waals surface area contributed by atoms with Crippen LogP contribution in [0, 0.1) is 10.1 Å². The van der Waals surface area contributed by atoms with E-state index in [1.807, 2.05) is 6.92 Å². The minimum atomic E-state index is -3.79. The van der Waals surface area contributed by atoms with Crippen LogP contribution in [0.25, 0.3) is 0 Å². The van der Waals surface area contributed by atoms with Crippen molar-refractivity contribution in [3.05, 3.63) is 16.2 Å². The first-order valence-corrected chi connectivity index (χ1v) is 8.54. The van der Waals surface area contributed by atoms with Crippen LogP contribution >= 0.6 is 11.3 Å². The van der Waals surface area contributed by atoms with E-state index in [-0.39, 0.29) is 21.4 Å². The first-order valence-electron chi connectivity index (χ1n) is 6.24. The van der Waals surface area contributed by atoms with Crippen molar-refractivity contribution in [1.82, 2.24) is 4.72 Å². The van der Waals surface area contributed by atoms with E-state index in [2.05, 4.69) is 10.1 Å². The smallest absolute Gasteiger partial charge is 0.306 e. The first kappa shape index (κ1) is 17.8. The Bertz CT molecular complexity index is 572. The summed E-state index contributed by atoms with van der Waals surface area (Å²) < 4.78 is 31.4. The maximum absolute atomic E-state index is 12.0. The molecule has 9 nitrogen and oxygen atoms in total. The summed E-state index contributed by atoms with van der Waals surface area (Å²) in [5, 5.41) is 10.8. The fourth-order valence-corrected chi connectivity index (χ4v) is 3.79. The Morgan fingerprint density at radius 1 is 1.48 bits per heavy atom. The van der Waals surface area contributed by atoms with E-state index in [9.17, 15) is 18.5 Å². The second kappa shape index (κ2) is 8.24. The minimum Gasteiger partial charge on any atom is -0.381 e. The molecule has 0 atom stereocenters. The van der Waals surface area contributed by atoms with Crippen molar-refractivity contribution >= 4 is 32.0 Å². The number of nitrogen functional groups attached to an aromatic ring is 1. The van der Waals surface area contributed by atoms with Crippen molar-refractivity contribution in [3.63, 3.8) is 0 Å². The Hall–Kier alpha value is -1.27. The van der Waals surface area contributed by atoms with E-state index in [0.29, 0.717) is 31.0 Å². The number of thiophene rings is 1. The van der Waals surface area contributed by atoms with Crippen molar-refractivity contribution in [2.75, 3.05) is 25.2 Å². The predicted molar refractivity (Wildman–Crippen MR) is 79.7 cm³/mol. The molecule has 0 unspecified atom stereocenters. The fourth-order valence-electron chi connectivity index (χ4n) is 1.43. The molecule has 11 heteroatoms. The first-order chi connectivity index (χ1) is 9.92. The number of hydrogen-bond donors (Lipinski definition) is 3. The van der Waals surface area contributed by atoms with E-state index in [4.69, 9.17) is 10.6 Å². The fraction of sp³-hybridized carbons (Fsp3) is 0.600. The summed E-state index contributed by atoms with van der Waals surface area (Å²) in [7, 11) is -3.79. The molecule has 4 N–H and O–H groups in total. The zero-order chi connectivity index (χ0) is 15.9. The van der Waals surface area contributed by atoms with Gasteiger partial charge in [0, 0.05) is 25.8 Å². The van der Waals surface area contributed by atoms with Gasteiger partial charge in [0.05, 0.1) is 4.92 Å². The lowest BCUT2D eigenvalue weighted by Gasteiger charge is -2.05. The molecule has 1 heterocycles. The monoisotopic (exact) mass is 338 g/mol. The maximum atomic E-state index is 12.0. The molecule has 0 radical (unpaired) electrons. The summed E-state index contributed by atoms with van der Waals surface area (Å²) in [4.78, 5) is 10.1. The van der Waals surface area contributed by atoms with Gasteiger partial charge in [-0.15, -0.1) is 0 Å². The number of nitrogens with one attached hydrogen (secondary N) is 2. The highest BCUT2D eigenvalue weighted by atomic mass is 32.2. The van der Waals surface area contributed by atoms with E-state index in [0.717, 1.165) is 12.5 Å². The molecule has 0 bridgehead atoms. The Balaban J connectivity index is 2.64. The number of nitro groups is 1. The van der Waals surface area contributed by atoms with Crippen LogP contribution in [0.5, 0.6) is 0 Å². The summed E-state index contributed by atoms with van der Waals surface area (Å²) in [5.41, 5.74) is 1.76. The van der Waals surface area contributed by atoms with Crippen LogP contribution in [0.3, 0.4) is 0 Å². The number of rotatable bonds is 10. The predicted octanol–water partition coefficient (Wildman–Crippen LogP) is 1.04. The van der Waals surface area contributed by atoms with Gasteiger partial charge in [-0.1, -0.05) is 18.3 Å². The summed E-state index contributed by atoms with van der Waals surface area (Å²) in [6.45, 7) is 3.27. The number of hydrazine groups is 1. The van der Waals surface area contributed by atoms with Crippen LogP contribution in [-0.2, 0) is 14.8 Å². The molecule has 120 valence electrons. The molecule has 1 rings (SSSR count). The van der Waals surface area contributed by atoms with E-state index in [1.165, 1.54) is 0 Å². The lowest BCUT2D eigenvalue weighted by Crippen LogP contribution is -2.24. The van der Waals surface area contributed by atoms with Gasteiger partial charge in [-0.2, -0.15) is 0 Å². The second-order valence-corrected chi connectivity index (χ2v) is 7.09. The van der Waals surface area contributed by atoms with Crippen molar-refractivity contribution in [2.45, 2.75) is 24.0 Å². The molecule has 21 heavy (non-hydrogen) atoms. The van der Waals surface area contributed by atoms with Gasteiger partial charge in [0.15, 0.2) is 5.00 Å². The number of ether oxygens (including phenoxy) is 1. The van der Waals surface area contributed by atoms with Crippen molar-refractivity contribution in [3.8, 4) is 0 Å². The molecular formula is C10H18N4O5S2. The van der Waals surface area contributed by atoms with Gasteiger partial charge < -0.3 is 10.2 Å². The Kier molecular flexibility index (Phi) is 6.98. The molecule has 1 aromatic rings. The van der Waals surface area contributed by atoms with Gasteiger partial charge in [-0.25, -0.2) is 19.0 Å². The van der Waals surface area contributed by atoms with Gasteiger partial charge in [0.1, 0.15) is 4.21 Å². The molecule has 0 amide bonds. The van der Waals surface area contributed by atoms with Crippen LogP contribution in [-0.4, -0.2) is 33.1 Å². The summed E-state index contributed by atoms with van der Waals surface area (Å²) in [6.07, 6.45) is 1.42. The zero-order valence-electron chi connectivity index (χ0n) is 11.5. The molecule has 0 spiro atoms. The number of sulfonamides is 1. The summed E-state index contributed by atoms with van der Waals surface area (Å²) in [5.74, 6) is 5.14. The second-order valence-electron chi connectivity index (χ2n) is 4.04. The number of nitrogens with two attached hydrogens (primary N) is 1. The number of nitrogens with zero attached hydrogens (tertiary/aromatic N) is 1. The maximum Gasteiger partial charge on any atom is 0.306 e. The van der Waals surface area contributed by atoms with Crippen LogP contribution in [0.2, 0.25) is 0 Å². The van der Waals surface area contributed by atoms with Crippen LogP contribution in [0.1, 0.15) is 19.8 Å². The van der Waals surface area contributed by atoms with E-state index < -0.39 is 14.9 Å². The van der Waals surface area contributed by atoms with E-state index >= 15 is 0 Å². The molecule has 0 saturated heterocycles. The molecule has 0 aromatic carbocycles. The third-order valence-electron chi connectivity index (χ3n) is 2.39. The highest BCUT2D eigenvalue weighted by Crippen LogP contribution is 2.36. The molecule has 0 aliphatic rings. The van der Waals surface area contributed by atoms with Gasteiger partial charge >= 0.3 is 5.69 Å². The minimum absolute atomic E-state index is 0.00773. The molecule has 0 aliphatic carbocycles. The summed E-state index contributed by atoms with van der Waals surface area (Å²) in [6, 6.07) is 0.982. The zero-order valence-corrected chi connectivity index (χ0v) is 13.1. The third-order valence-corrected chi connectivity index (χ3v) is 5.38. The Morgan fingerprint density at radius 3 is 2.71 bits per heavy atom. The van der Waals surface area contributed by atoms with Crippen molar-refractivity contribution in [2.24, 2.45) is 5.84 Å². The topological polar surface area (TPSA) is 137 Å². The molecular weight excluding hydrogens is 320 g/mol. The average molecular weight is 338 g/mol. The number of anilines is 1. The highest BCUT2D eigenvalue weighted by Gasteiger charge is 2.25. The highest BCUT2D eigenvalue weighted by molar-refractivity contribution is 7.91. The normalized spacial score (nSPS) is 11.5.